The maximum absolute atomic E-state index is 3.31. The van der Waals surface area contributed by atoms with Crippen molar-refractivity contribution in [3.05, 3.63) is 30.5 Å². The van der Waals surface area contributed by atoms with E-state index in [4.69, 9.17) is 0 Å². The summed E-state index contributed by atoms with van der Waals surface area (Å²) in [5.74, 6) is 0. The third-order valence-corrected chi connectivity index (χ3v) is 4.10. The Morgan fingerprint density at radius 1 is 1.24 bits per heavy atom. The van der Waals surface area contributed by atoms with E-state index in [1.54, 1.807) is 11.9 Å². The number of anilines is 1. The molecule has 2 aromatic rings. The number of hydrogen-bond acceptors (Lipinski definition) is 2. The Kier molecular flexibility index (Phi) is 3.02. The Labute approximate surface area is 107 Å². The van der Waals surface area contributed by atoms with Gasteiger partial charge in [-0.05, 0) is 36.4 Å². The van der Waals surface area contributed by atoms with Gasteiger partial charge in [0, 0.05) is 24.2 Å². The fourth-order valence-electron chi connectivity index (χ4n) is 2.83. The minimum Gasteiger partial charge on any atom is -0.344 e. The molecule has 1 N–H and O–H groups in total. The van der Waals surface area contributed by atoms with Crippen LogP contribution in [0.3, 0.4) is 0 Å². The average molecular weight is 246 g/mol. The van der Waals surface area contributed by atoms with Crippen molar-refractivity contribution >= 4 is 28.5 Å². The molecule has 1 saturated carbocycles. The molecule has 0 amide bonds. The zero-order chi connectivity index (χ0) is 11.7. The summed E-state index contributed by atoms with van der Waals surface area (Å²) in [4.78, 5) is 0. The largest absolute Gasteiger partial charge is 0.344 e. The van der Waals surface area contributed by atoms with Crippen molar-refractivity contribution in [3.8, 4) is 0 Å². The molecule has 1 aromatic carbocycles. The minimum atomic E-state index is 0.719. The van der Waals surface area contributed by atoms with Crippen molar-refractivity contribution in [1.29, 1.82) is 0 Å². The highest BCUT2D eigenvalue weighted by Crippen LogP contribution is 2.33. The topological polar surface area (TPSA) is 17.0 Å². The van der Waals surface area contributed by atoms with E-state index in [0.717, 1.165) is 6.04 Å². The molecule has 1 aliphatic carbocycles. The fourth-order valence-corrected chi connectivity index (χ4v) is 3.19. The normalized spacial score (nSPS) is 16.8. The first-order valence-corrected chi connectivity index (χ1v) is 7.50. The molecule has 1 aliphatic rings. The summed E-state index contributed by atoms with van der Waals surface area (Å²) >= 11 is 1.64. The van der Waals surface area contributed by atoms with Crippen LogP contribution in [-0.4, -0.2) is 10.8 Å². The van der Waals surface area contributed by atoms with Crippen LogP contribution in [0.25, 0.3) is 10.9 Å². The van der Waals surface area contributed by atoms with E-state index >= 15 is 0 Å². The van der Waals surface area contributed by atoms with Crippen LogP contribution in [0.5, 0.6) is 0 Å². The molecule has 0 bridgehead atoms. The first kappa shape index (κ1) is 11.0. The predicted octanol–water partition coefficient (Wildman–Crippen LogP) is 4.45. The molecule has 0 aliphatic heterocycles. The summed E-state index contributed by atoms with van der Waals surface area (Å²) in [7, 11) is 0. The number of fused-ring (bicyclic) bond motifs is 1. The molecule has 1 fully saturated rings. The lowest BCUT2D eigenvalue weighted by Gasteiger charge is -2.14. The molecule has 0 saturated heterocycles. The van der Waals surface area contributed by atoms with Gasteiger partial charge < -0.3 is 9.29 Å². The van der Waals surface area contributed by atoms with Gasteiger partial charge in [-0.25, -0.2) is 0 Å². The summed E-state index contributed by atoms with van der Waals surface area (Å²) < 4.78 is 5.78. The third-order valence-electron chi connectivity index (χ3n) is 3.66. The van der Waals surface area contributed by atoms with Gasteiger partial charge in [-0.2, -0.15) is 0 Å². The monoisotopic (exact) mass is 246 g/mol. The van der Waals surface area contributed by atoms with Crippen molar-refractivity contribution < 1.29 is 0 Å². The van der Waals surface area contributed by atoms with E-state index in [2.05, 4.69) is 46.0 Å². The van der Waals surface area contributed by atoms with Crippen LogP contribution in [0.2, 0.25) is 0 Å². The van der Waals surface area contributed by atoms with Crippen molar-refractivity contribution in [1.82, 2.24) is 4.57 Å². The quantitative estimate of drug-likeness (QED) is 0.806. The van der Waals surface area contributed by atoms with E-state index in [0.29, 0.717) is 0 Å². The molecule has 1 aromatic heterocycles. The zero-order valence-corrected chi connectivity index (χ0v) is 11.0. The Balaban J connectivity index is 2.02. The maximum Gasteiger partial charge on any atom is 0.0503 e. The van der Waals surface area contributed by atoms with Gasteiger partial charge in [0.2, 0.25) is 0 Å². The number of benzene rings is 1. The highest BCUT2D eigenvalue weighted by atomic mass is 32.2. The van der Waals surface area contributed by atoms with Crippen LogP contribution in [-0.2, 0) is 0 Å². The second-order valence-corrected chi connectivity index (χ2v) is 5.35. The standard InChI is InChI=1S/C14H18N2S/c1-17-15-12-7-6-11-8-9-16(14(11)10-12)13-4-2-3-5-13/h6-10,13,15H,2-5H2,1H3. The Morgan fingerprint density at radius 2 is 2.06 bits per heavy atom. The van der Waals surface area contributed by atoms with Crippen molar-refractivity contribution in [2.75, 3.05) is 11.0 Å². The van der Waals surface area contributed by atoms with Gasteiger partial charge in [0.15, 0.2) is 0 Å². The van der Waals surface area contributed by atoms with Gasteiger partial charge >= 0.3 is 0 Å². The minimum absolute atomic E-state index is 0.719. The average Bonchev–Trinajstić information content (AvgIpc) is 2.96. The van der Waals surface area contributed by atoms with Crippen LogP contribution in [0.15, 0.2) is 30.5 Å². The predicted molar refractivity (Wildman–Crippen MR) is 76.6 cm³/mol. The highest BCUT2D eigenvalue weighted by molar-refractivity contribution is 7.99. The molecule has 0 atom stereocenters. The first-order valence-electron chi connectivity index (χ1n) is 6.28. The van der Waals surface area contributed by atoms with Gasteiger partial charge in [0.05, 0.1) is 5.52 Å². The summed E-state index contributed by atoms with van der Waals surface area (Å²) in [5.41, 5.74) is 2.57. The third kappa shape index (κ3) is 2.04. The smallest absolute Gasteiger partial charge is 0.0503 e. The van der Waals surface area contributed by atoms with E-state index in [1.807, 2.05) is 0 Å². The van der Waals surface area contributed by atoms with Gasteiger partial charge in [-0.15, -0.1) is 0 Å². The fraction of sp³-hybridized carbons (Fsp3) is 0.429. The zero-order valence-electron chi connectivity index (χ0n) is 10.1. The van der Waals surface area contributed by atoms with Gasteiger partial charge in [-0.1, -0.05) is 30.9 Å². The lowest BCUT2D eigenvalue weighted by molar-refractivity contribution is 0.536. The maximum atomic E-state index is 3.31. The van der Waals surface area contributed by atoms with Crippen molar-refractivity contribution in [2.45, 2.75) is 31.7 Å². The Morgan fingerprint density at radius 3 is 2.82 bits per heavy atom. The molecule has 3 rings (SSSR count). The molecule has 0 unspecified atom stereocenters. The summed E-state index contributed by atoms with van der Waals surface area (Å²) in [5, 5.41) is 1.35. The van der Waals surface area contributed by atoms with Gasteiger partial charge in [0.25, 0.3) is 0 Å². The van der Waals surface area contributed by atoms with Crippen LogP contribution in [0, 0.1) is 0 Å². The molecule has 2 nitrogen and oxygen atoms in total. The Bertz CT molecular complexity index is 512. The number of rotatable bonds is 3. The summed E-state index contributed by atoms with van der Waals surface area (Å²) in [6.45, 7) is 0. The van der Waals surface area contributed by atoms with Crippen molar-refractivity contribution in [2.24, 2.45) is 0 Å². The molecule has 0 spiro atoms. The summed E-state index contributed by atoms with van der Waals surface area (Å²) in [6, 6.07) is 9.58. The lowest BCUT2D eigenvalue weighted by atomic mass is 10.2. The first-order chi connectivity index (χ1) is 8.38. The van der Waals surface area contributed by atoms with Crippen LogP contribution < -0.4 is 4.72 Å². The number of aromatic nitrogens is 1. The molecule has 0 radical (unpaired) electrons. The van der Waals surface area contributed by atoms with Gasteiger partial charge in [0.1, 0.15) is 0 Å². The van der Waals surface area contributed by atoms with Crippen molar-refractivity contribution in [3.63, 3.8) is 0 Å². The lowest BCUT2D eigenvalue weighted by Crippen LogP contribution is -2.02. The van der Waals surface area contributed by atoms with Crippen LogP contribution in [0.1, 0.15) is 31.7 Å². The molecular weight excluding hydrogens is 228 g/mol. The summed E-state index contributed by atoms with van der Waals surface area (Å²) in [6.07, 6.45) is 9.75. The molecular formula is C14H18N2S. The van der Waals surface area contributed by atoms with E-state index in [1.165, 1.54) is 42.3 Å². The van der Waals surface area contributed by atoms with E-state index in [-0.39, 0.29) is 0 Å². The second kappa shape index (κ2) is 4.65. The molecule has 1 heterocycles. The molecule has 90 valence electrons. The molecule has 17 heavy (non-hydrogen) atoms. The number of nitrogens with zero attached hydrogens (tertiary/aromatic N) is 1. The van der Waals surface area contributed by atoms with Gasteiger partial charge in [-0.3, -0.25) is 0 Å². The SMILES string of the molecule is CSNc1ccc2ccn(C3CCCC3)c2c1. The van der Waals surface area contributed by atoms with Crippen LogP contribution >= 0.6 is 11.9 Å². The van der Waals surface area contributed by atoms with E-state index < -0.39 is 0 Å². The number of nitrogens with one attached hydrogen (secondary N) is 1. The molecule has 3 heteroatoms. The highest BCUT2D eigenvalue weighted by Gasteiger charge is 2.17. The van der Waals surface area contributed by atoms with Crippen LogP contribution in [0.4, 0.5) is 5.69 Å². The second-order valence-electron chi connectivity index (χ2n) is 4.74. The van der Waals surface area contributed by atoms with E-state index in [9.17, 15) is 0 Å². The Hall–Kier alpha value is -1.09. The number of hydrogen-bond donors (Lipinski definition) is 1.